The van der Waals surface area contributed by atoms with Crippen LogP contribution < -0.4 is 0 Å². The highest BCUT2D eigenvalue weighted by atomic mass is 35.5. The number of sulfonamides is 1. The molecule has 1 rings (SSSR count). The summed E-state index contributed by atoms with van der Waals surface area (Å²) in [6.07, 6.45) is 0.138. The molecule has 0 bridgehead atoms. The highest BCUT2D eigenvalue weighted by molar-refractivity contribution is 7.89. The molecule has 0 heterocycles. The highest BCUT2D eigenvalue weighted by Gasteiger charge is 2.27. The van der Waals surface area contributed by atoms with Crippen LogP contribution in [-0.2, 0) is 10.0 Å². The number of nitriles is 1. The van der Waals surface area contributed by atoms with Crippen molar-refractivity contribution in [1.82, 2.24) is 4.31 Å². The zero-order chi connectivity index (χ0) is 14.6. The van der Waals surface area contributed by atoms with Crippen molar-refractivity contribution >= 4 is 33.2 Å². The maximum atomic E-state index is 12.5. The number of nitrogens with zero attached hydrogens (tertiary/aromatic N) is 2. The molecule has 19 heavy (non-hydrogen) atoms. The van der Waals surface area contributed by atoms with Gasteiger partial charge in [0.2, 0.25) is 10.0 Å². The third kappa shape index (κ3) is 3.83. The molecular weight excluding hydrogens is 307 g/mol. The molecule has 0 unspecified atom stereocenters. The van der Waals surface area contributed by atoms with Crippen LogP contribution in [0.2, 0.25) is 10.0 Å². The molecule has 0 spiro atoms. The average molecular weight is 321 g/mol. The third-order valence-corrected chi connectivity index (χ3v) is 5.33. The van der Waals surface area contributed by atoms with Gasteiger partial charge in [0.25, 0.3) is 0 Å². The van der Waals surface area contributed by atoms with E-state index in [1.165, 1.54) is 22.5 Å². The first-order chi connectivity index (χ1) is 8.80. The quantitative estimate of drug-likeness (QED) is 0.836. The molecule has 1 aromatic carbocycles. The van der Waals surface area contributed by atoms with Crippen LogP contribution in [0.15, 0.2) is 23.1 Å². The Balaban J connectivity index is 3.19. The number of halogens is 2. The fourth-order valence-electron chi connectivity index (χ4n) is 1.59. The van der Waals surface area contributed by atoms with Gasteiger partial charge in [0.15, 0.2) is 0 Å². The lowest BCUT2D eigenvalue weighted by molar-refractivity contribution is 0.360. The van der Waals surface area contributed by atoms with Crippen LogP contribution in [0.1, 0.15) is 20.3 Å². The van der Waals surface area contributed by atoms with Gasteiger partial charge >= 0.3 is 0 Å². The largest absolute Gasteiger partial charge is 0.243 e. The van der Waals surface area contributed by atoms with Gasteiger partial charge in [-0.15, -0.1) is 0 Å². The summed E-state index contributed by atoms with van der Waals surface area (Å²) in [5, 5.41) is 9.09. The van der Waals surface area contributed by atoms with Gasteiger partial charge in [-0.05, 0) is 32.0 Å². The Morgan fingerprint density at radius 2 is 1.95 bits per heavy atom. The topological polar surface area (TPSA) is 61.2 Å². The summed E-state index contributed by atoms with van der Waals surface area (Å²) in [6.45, 7) is 3.66. The first kappa shape index (κ1) is 16.3. The van der Waals surface area contributed by atoms with E-state index >= 15 is 0 Å². The zero-order valence-corrected chi connectivity index (χ0v) is 12.9. The molecule has 1 aromatic rings. The Morgan fingerprint density at radius 1 is 1.32 bits per heavy atom. The van der Waals surface area contributed by atoms with E-state index in [-0.39, 0.29) is 28.9 Å². The monoisotopic (exact) mass is 320 g/mol. The summed E-state index contributed by atoms with van der Waals surface area (Å²) in [4.78, 5) is 0.0774. The highest BCUT2D eigenvalue weighted by Crippen LogP contribution is 2.27. The minimum absolute atomic E-state index is 0.0774. The van der Waals surface area contributed by atoms with Gasteiger partial charge in [0.1, 0.15) is 0 Å². The lowest BCUT2D eigenvalue weighted by Gasteiger charge is -2.25. The summed E-state index contributed by atoms with van der Waals surface area (Å²) in [6, 6.07) is 5.87. The summed E-state index contributed by atoms with van der Waals surface area (Å²) >= 11 is 11.6. The number of hydrogen-bond donors (Lipinski definition) is 0. The second-order valence-electron chi connectivity index (χ2n) is 4.19. The van der Waals surface area contributed by atoms with Crippen molar-refractivity contribution < 1.29 is 8.42 Å². The van der Waals surface area contributed by atoms with Crippen LogP contribution in [0.5, 0.6) is 0 Å². The Hall–Kier alpha value is -0.800. The molecule has 0 saturated carbocycles. The lowest BCUT2D eigenvalue weighted by Crippen LogP contribution is -2.37. The lowest BCUT2D eigenvalue weighted by atomic mass is 10.3. The van der Waals surface area contributed by atoms with Gasteiger partial charge in [-0.3, -0.25) is 0 Å². The van der Waals surface area contributed by atoms with Crippen LogP contribution in [0.4, 0.5) is 0 Å². The smallest absolute Gasteiger partial charge is 0.207 e. The minimum atomic E-state index is -3.67. The van der Waals surface area contributed by atoms with Crippen LogP contribution in [0.25, 0.3) is 0 Å². The molecule has 0 radical (unpaired) electrons. The fourth-order valence-corrected chi connectivity index (χ4v) is 3.62. The normalized spacial score (nSPS) is 11.8. The van der Waals surface area contributed by atoms with E-state index in [0.717, 1.165) is 0 Å². The molecule has 0 saturated heterocycles. The molecule has 0 amide bonds. The van der Waals surface area contributed by atoms with E-state index in [4.69, 9.17) is 28.5 Å². The Labute approximate surface area is 123 Å². The van der Waals surface area contributed by atoms with E-state index in [1.54, 1.807) is 13.8 Å². The Morgan fingerprint density at radius 3 is 2.42 bits per heavy atom. The molecular formula is C12H14Cl2N2O2S. The van der Waals surface area contributed by atoms with E-state index in [1.807, 2.05) is 6.07 Å². The Kier molecular flexibility index (Phi) is 5.63. The van der Waals surface area contributed by atoms with Gasteiger partial charge in [-0.1, -0.05) is 23.2 Å². The van der Waals surface area contributed by atoms with Gasteiger partial charge in [-0.25, -0.2) is 8.42 Å². The van der Waals surface area contributed by atoms with E-state index in [0.29, 0.717) is 5.02 Å². The second kappa shape index (κ2) is 6.58. The van der Waals surface area contributed by atoms with Crippen molar-refractivity contribution in [2.24, 2.45) is 0 Å². The van der Waals surface area contributed by atoms with Crippen LogP contribution in [0, 0.1) is 11.3 Å². The SMILES string of the molecule is CC(C)N(CCC#N)S(=O)(=O)c1ccc(Cl)c(Cl)c1. The van der Waals surface area contributed by atoms with Crippen molar-refractivity contribution in [3.63, 3.8) is 0 Å². The molecule has 4 nitrogen and oxygen atoms in total. The molecule has 0 aliphatic carbocycles. The predicted molar refractivity (Wildman–Crippen MR) is 75.7 cm³/mol. The van der Waals surface area contributed by atoms with E-state index in [2.05, 4.69) is 0 Å². The van der Waals surface area contributed by atoms with Crippen molar-refractivity contribution in [2.45, 2.75) is 31.2 Å². The predicted octanol–water partition coefficient (Wildman–Crippen LogP) is 3.31. The standard InChI is InChI=1S/C12H14Cl2N2O2S/c1-9(2)16(7-3-6-15)19(17,18)10-4-5-11(13)12(14)8-10/h4-5,8-9H,3,7H2,1-2H3. The van der Waals surface area contributed by atoms with E-state index < -0.39 is 10.0 Å². The third-order valence-electron chi connectivity index (χ3n) is 2.52. The van der Waals surface area contributed by atoms with Gasteiger partial charge in [0.05, 0.1) is 21.0 Å². The van der Waals surface area contributed by atoms with Crippen molar-refractivity contribution in [2.75, 3.05) is 6.54 Å². The van der Waals surface area contributed by atoms with Crippen LogP contribution in [0.3, 0.4) is 0 Å². The number of hydrogen-bond acceptors (Lipinski definition) is 3. The van der Waals surface area contributed by atoms with Crippen LogP contribution >= 0.6 is 23.2 Å². The first-order valence-electron chi connectivity index (χ1n) is 5.64. The maximum absolute atomic E-state index is 12.5. The van der Waals surface area contributed by atoms with Crippen molar-refractivity contribution in [1.29, 1.82) is 5.26 Å². The summed E-state index contributed by atoms with van der Waals surface area (Å²) in [7, 11) is -3.67. The molecule has 0 aromatic heterocycles. The molecule has 7 heteroatoms. The number of rotatable bonds is 5. The van der Waals surface area contributed by atoms with E-state index in [9.17, 15) is 8.42 Å². The zero-order valence-electron chi connectivity index (χ0n) is 10.6. The fraction of sp³-hybridized carbons (Fsp3) is 0.417. The van der Waals surface area contributed by atoms with Gasteiger partial charge < -0.3 is 0 Å². The molecule has 0 atom stereocenters. The summed E-state index contributed by atoms with van der Waals surface area (Å²) in [5.74, 6) is 0. The van der Waals surface area contributed by atoms with Crippen molar-refractivity contribution in [3.05, 3.63) is 28.2 Å². The molecule has 0 N–H and O–H groups in total. The molecule has 104 valence electrons. The Bertz CT molecular complexity index is 594. The molecule has 0 aliphatic heterocycles. The van der Waals surface area contributed by atoms with Gasteiger partial charge in [0, 0.05) is 19.0 Å². The average Bonchev–Trinajstić information content (AvgIpc) is 2.32. The number of benzene rings is 1. The maximum Gasteiger partial charge on any atom is 0.243 e. The van der Waals surface area contributed by atoms with Gasteiger partial charge in [-0.2, -0.15) is 9.57 Å². The summed E-state index contributed by atoms with van der Waals surface area (Å²) < 4.78 is 26.2. The first-order valence-corrected chi connectivity index (χ1v) is 7.84. The minimum Gasteiger partial charge on any atom is -0.207 e. The second-order valence-corrected chi connectivity index (χ2v) is 6.90. The molecule has 0 fully saturated rings. The molecule has 0 aliphatic rings. The van der Waals surface area contributed by atoms with Crippen LogP contribution in [-0.4, -0.2) is 25.3 Å². The van der Waals surface area contributed by atoms with Crippen molar-refractivity contribution in [3.8, 4) is 6.07 Å². The summed E-state index contributed by atoms with van der Waals surface area (Å²) in [5.41, 5.74) is 0.